The molecule has 1 amide bonds. The fraction of sp³-hybridized carbons (Fsp3) is 0.304. The molecule has 2 heterocycles. The van der Waals surface area contributed by atoms with E-state index in [-0.39, 0.29) is 17.3 Å². The Balaban J connectivity index is 1.48. The summed E-state index contributed by atoms with van der Waals surface area (Å²) in [5.41, 5.74) is 4.58. The number of aromatic nitrogens is 1. The second-order valence-electron chi connectivity index (χ2n) is 7.76. The Morgan fingerprint density at radius 1 is 1.11 bits per heavy atom. The SMILES string of the molecule is COC(=O)c1ccc2[nH]c3c(c2c1)CN(C(=O)C1(c2ccccc2)CC1)CC3. The lowest BCUT2D eigenvalue weighted by Gasteiger charge is -2.31. The highest BCUT2D eigenvalue weighted by Crippen LogP contribution is 2.50. The van der Waals surface area contributed by atoms with Crippen molar-refractivity contribution in [3.05, 3.63) is 70.9 Å². The average Bonchev–Trinajstić information content (AvgIpc) is 3.48. The molecule has 2 aliphatic rings. The molecule has 0 atom stereocenters. The molecule has 5 heteroatoms. The van der Waals surface area contributed by atoms with E-state index in [1.54, 1.807) is 6.07 Å². The number of hydrogen-bond donors (Lipinski definition) is 1. The highest BCUT2D eigenvalue weighted by atomic mass is 16.5. The molecule has 1 N–H and O–H groups in total. The number of aromatic amines is 1. The third kappa shape index (κ3) is 2.53. The smallest absolute Gasteiger partial charge is 0.337 e. The second-order valence-corrected chi connectivity index (χ2v) is 7.76. The monoisotopic (exact) mass is 374 g/mol. The maximum Gasteiger partial charge on any atom is 0.337 e. The van der Waals surface area contributed by atoms with Gasteiger partial charge in [-0.15, -0.1) is 0 Å². The summed E-state index contributed by atoms with van der Waals surface area (Å²) < 4.78 is 4.85. The fourth-order valence-electron chi connectivity index (χ4n) is 4.44. The van der Waals surface area contributed by atoms with Gasteiger partial charge in [0.05, 0.1) is 18.1 Å². The Labute approximate surface area is 163 Å². The Morgan fingerprint density at radius 3 is 2.61 bits per heavy atom. The number of nitrogens with one attached hydrogen (secondary N) is 1. The number of esters is 1. The van der Waals surface area contributed by atoms with E-state index >= 15 is 0 Å². The highest BCUT2D eigenvalue weighted by molar-refractivity contribution is 5.97. The zero-order valence-corrected chi connectivity index (χ0v) is 15.8. The van der Waals surface area contributed by atoms with Crippen LogP contribution in [0.5, 0.6) is 0 Å². The molecule has 28 heavy (non-hydrogen) atoms. The Hall–Kier alpha value is -3.08. The number of carbonyl (C=O) groups is 2. The largest absolute Gasteiger partial charge is 0.465 e. The number of hydrogen-bond acceptors (Lipinski definition) is 3. The first-order valence-electron chi connectivity index (χ1n) is 9.69. The first-order chi connectivity index (χ1) is 13.6. The summed E-state index contributed by atoms with van der Waals surface area (Å²) in [5, 5.41) is 1.000. The van der Waals surface area contributed by atoms with Gasteiger partial charge in [-0.05, 0) is 36.6 Å². The van der Waals surface area contributed by atoms with Gasteiger partial charge in [-0.1, -0.05) is 30.3 Å². The minimum absolute atomic E-state index is 0.225. The number of benzene rings is 2. The molecule has 0 spiro atoms. The predicted octanol–water partition coefficient (Wildman–Crippen LogP) is 3.57. The number of methoxy groups -OCH3 is 1. The first-order valence-corrected chi connectivity index (χ1v) is 9.69. The van der Waals surface area contributed by atoms with Gasteiger partial charge in [-0.25, -0.2) is 4.79 Å². The van der Waals surface area contributed by atoms with Gasteiger partial charge in [0.1, 0.15) is 0 Å². The number of nitrogens with zero attached hydrogens (tertiary/aromatic N) is 1. The van der Waals surface area contributed by atoms with E-state index in [4.69, 9.17) is 4.74 Å². The van der Waals surface area contributed by atoms with Gasteiger partial charge in [0.25, 0.3) is 0 Å². The molecule has 1 aliphatic heterocycles. The van der Waals surface area contributed by atoms with Gasteiger partial charge < -0.3 is 14.6 Å². The maximum absolute atomic E-state index is 13.4. The van der Waals surface area contributed by atoms with Crippen LogP contribution < -0.4 is 0 Å². The molecule has 0 saturated heterocycles. The normalized spacial score (nSPS) is 17.2. The minimum Gasteiger partial charge on any atom is -0.465 e. The van der Waals surface area contributed by atoms with Crippen molar-refractivity contribution in [1.29, 1.82) is 0 Å². The lowest BCUT2D eigenvalue weighted by Crippen LogP contribution is -2.42. The molecule has 0 unspecified atom stereocenters. The van der Waals surface area contributed by atoms with Crippen LogP contribution >= 0.6 is 0 Å². The predicted molar refractivity (Wildman–Crippen MR) is 106 cm³/mol. The molecular weight excluding hydrogens is 352 g/mol. The lowest BCUT2D eigenvalue weighted by molar-refractivity contribution is -0.134. The number of fused-ring (bicyclic) bond motifs is 3. The van der Waals surface area contributed by atoms with Crippen LogP contribution in [-0.2, 0) is 27.9 Å². The van der Waals surface area contributed by atoms with Gasteiger partial charge in [-0.3, -0.25) is 4.79 Å². The van der Waals surface area contributed by atoms with Crippen LogP contribution in [0.2, 0.25) is 0 Å². The maximum atomic E-state index is 13.4. The van der Waals surface area contributed by atoms with Crippen molar-refractivity contribution in [2.75, 3.05) is 13.7 Å². The molecule has 5 rings (SSSR count). The van der Waals surface area contributed by atoms with Crippen molar-refractivity contribution in [2.45, 2.75) is 31.2 Å². The van der Waals surface area contributed by atoms with E-state index < -0.39 is 0 Å². The molecule has 2 aromatic carbocycles. The van der Waals surface area contributed by atoms with Crippen molar-refractivity contribution < 1.29 is 14.3 Å². The summed E-state index contributed by atoms with van der Waals surface area (Å²) in [7, 11) is 1.39. The Kier molecular flexibility index (Phi) is 3.79. The van der Waals surface area contributed by atoms with Crippen LogP contribution in [0.4, 0.5) is 0 Å². The number of amides is 1. The van der Waals surface area contributed by atoms with Crippen molar-refractivity contribution in [3.63, 3.8) is 0 Å². The third-order valence-electron chi connectivity index (χ3n) is 6.17. The summed E-state index contributed by atoms with van der Waals surface area (Å²) in [5.74, 6) is -0.121. The van der Waals surface area contributed by atoms with E-state index in [9.17, 15) is 9.59 Å². The quantitative estimate of drug-likeness (QED) is 0.713. The third-order valence-corrected chi connectivity index (χ3v) is 6.17. The lowest BCUT2D eigenvalue weighted by atomic mass is 9.93. The van der Waals surface area contributed by atoms with Gasteiger partial charge in [0.15, 0.2) is 0 Å². The van der Waals surface area contributed by atoms with E-state index in [1.807, 2.05) is 35.2 Å². The van der Waals surface area contributed by atoms with E-state index in [0.29, 0.717) is 12.1 Å². The molecule has 1 aliphatic carbocycles. The number of rotatable bonds is 3. The average molecular weight is 374 g/mol. The number of ether oxygens (including phenoxy) is 1. The van der Waals surface area contributed by atoms with Crippen LogP contribution in [0, 0.1) is 0 Å². The number of carbonyl (C=O) groups excluding carboxylic acids is 2. The van der Waals surface area contributed by atoms with Gasteiger partial charge in [0, 0.05) is 41.7 Å². The van der Waals surface area contributed by atoms with Gasteiger partial charge >= 0.3 is 5.97 Å². The van der Waals surface area contributed by atoms with Crippen LogP contribution in [0.25, 0.3) is 10.9 Å². The van der Waals surface area contributed by atoms with Crippen LogP contribution in [-0.4, -0.2) is 35.4 Å². The topological polar surface area (TPSA) is 62.4 Å². The molecule has 3 aromatic rings. The first kappa shape index (κ1) is 17.0. The summed E-state index contributed by atoms with van der Waals surface area (Å²) in [6.07, 6.45) is 2.63. The van der Waals surface area contributed by atoms with E-state index in [2.05, 4.69) is 17.1 Å². The van der Waals surface area contributed by atoms with Crippen molar-refractivity contribution >= 4 is 22.8 Å². The van der Waals surface area contributed by atoms with Gasteiger partial charge in [0.2, 0.25) is 5.91 Å². The molecule has 142 valence electrons. The van der Waals surface area contributed by atoms with Crippen LogP contribution in [0.1, 0.15) is 40.0 Å². The summed E-state index contributed by atoms with van der Waals surface area (Å²) in [4.78, 5) is 30.8. The van der Waals surface area contributed by atoms with Crippen LogP contribution in [0.15, 0.2) is 48.5 Å². The standard InChI is InChI=1S/C23H22N2O3/c1-28-21(26)15-7-8-19-17(13-15)18-14-25(12-9-20(18)24-19)22(27)23(10-11-23)16-5-3-2-4-6-16/h2-8,13,24H,9-12,14H2,1H3. The zero-order valence-electron chi connectivity index (χ0n) is 15.8. The molecule has 0 radical (unpaired) electrons. The summed E-state index contributed by atoms with van der Waals surface area (Å²) in [6.45, 7) is 1.30. The minimum atomic E-state index is -0.346. The molecular formula is C23H22N2O3. The van der Waals surface area contributed by atoms with Gasteiger partial charge in [-0.2, -0.15) is 0 Å². The van der Waals surface area contributed by atoms with Crippen molar-refractivity contribution in [1.82, 2.24) is 9.88 Å². The fourth-order valence-corrected chi connectivity index (χ4v) is 4.44. The molecule has 1 aromatic heterocycles. The Bertz CT molecular complexity index is 1080. The molecule has 1 fully saturated rings. The second kappa shape index (κ2) is 6.23. The Morgan fingerprint density at radius 2 is 1.89 bits per heavy atom. The highest BCUT2D eigenvalue weighted by Gasteiger charge is 2.53. The molecule has 1 saturated carbocycles. The van der Waals surface area contributed by atoms with Crippen LogP contribution in [0.3, 0.4) is 0 Å². The van der Waals surface area contributed by atoms with E-state index in [0.717, 1.165) is 53.5 Å². The van der Waals surface area contributed by atoms with E-state index in [1.165, 1.54) is 7.11 Å². The summed E-state index contributed by atoms with van der Waals surface area (Å²) in [6, 6.07) is 15.7. The number of H-pyrrole nitrogens is 1. The van der Waals surface area contributed by atoms with Crippen molar-refractivity contribution in [2.24, 2.45) is 0 Å². The van der Waals surface area contributed by atoms with Crippen molar-refractivity contribution in [3.8, 4) is 0 Å². The molecule has 5 nitrogen and oxygen atoms in total. The molecule has 0 bridgehead atoms. The summed E-state index contributed by atoms with van der Waals surface area (Å²) >= 11 is 0. The zero-order chi connectivity index (χ0) is 19.3.